The number of methoxy groups -OCH3 is 1. The first-order chi connectivity index (χ1) is 16.4. The van der Waals surface area contributed by atoms with Crippen molar-refractivity contribution in [3.63, 3.8) is 0 Å². The number of ether oxygens (including phenoxy) is 1. The molecule has 0 spiro atoms. The Hall–Kier alpha value is -3.98. The number of fused-ring (bicyclic) bond motifs is 1. The van der Waals surface area contributed by atoms with E-state index in [0.717, 1.165) is 27.7 Å². The minimum absolute atomic E-state index is 0.126. The fourth-order valence-electron chi connectivity index (χ4n) is 3.57. The summed E-state index contributed by atoms with van der Waals surface area (Å²) in [6.07, 6.45) is 7.37. The Bertz CT molecular complexity index is 1310. The Morgan fingerprint density at radius 3 is 2.59 bits per heavy atom. The van der Waals surface area contributed by atoms with E-state index in [0.29, 0.717) is 30.2 Å². The van der Waals surface area contributed by atoms with Crippen LogP contribution in [-0.2, 0) is 16.8 Å². The maximum absolute atomic E-state index is 12.2. The van der Waals surface area contributed by atoms with Crippen molar-refractivity contribution < 1.29 is 9.53 Å². The molecule has 0 bridgehead atoms. The third kappa shape index (κ3) is 4.84. The SMILES string of the molecule is CNC(=O)c1ccnc2c(CCNc3cc(-c4cnc(C(C)(C)OC)nc4)ncn3)cccc12. The Morgan fingerprint density at radius 2 is 1.85 bits per heavy atom. The van der Waals surface area contributed by atoms with Crippen LogP contribution in [0.25, 0.3) is 22.2 Å². The molecule has 1 aromatic carbocycles. The lowest BCUT2D eigenvalue weighted by molar-refractivity contribution is 0.0115. The third-order valence-electron chi connectivity index (χ3n) is 5.69. The zero-order chi connectivity index (χ0) is 24.1. The highest BCUT2D eigenvalue weighted by atomic mass is 16.5. The van der Waals surface area contributed by atoms with Crippen LogP contribution in [-0.4, -0.2) is 51.5 Å². The first-order valence-electron chi connectivity index (χ1n) is 11.0. The summed E-state index contributed by atoms with van der Waals surface area (Å²) in [6.45, 7) is 4.47. The van der Waals surface area contributed by atoms with Crippen LogP contribution in [0.1, 0.15) is 35.6 Å². The smallest absolute Gasteiger partial charge is 0.251 e. The second-order valence-corrected chi connectivity index (χ2v) is 8.23. The van der Waals surface area contributed by atoms with Gasteiger partial charge >= 0.3 is 0 Å². The molecule has 0 radical (unpaired) electrons. The minimum Gasteiger partial charge on any atom is -0.371 e. The van der Waals surface area contributed by atoms with E-state index >= 15 is 0 Å². The third-order valence-corrected chi connectivity index (χ3v) is 5.69. The first kappa shape index (κ1) is 23.2. The molecule has 0 fully saturated rings. The first-order valence-corrected chi connectivity index (χ1v) is 11.0. The normalized spacial score (nSPS) is 11.4. The van der Waals surface area contributed by atoms with Gasteiger partial charge in [0.25, 0.3) is 5.91 Å². The maximum atomic E-state index is 12.2. The summed E-state index contributed by atoms with van der Waals surface area (Å²) in [4.78, 5) is 34.2. The summed E-state index contributed by atoms with van der Waals surface area (Å²) in [5.74, 6) is 1.18. The average Bonchev–Trinajstić information content (AvgIpc) is 2.88. The molecule has 4 rings (SSSR count). The van der Waals surface area contributed by atoms with E-state index in [2.05, 4.69) is 35.6 Å². The molecule has 174 valence electrons. The van der Waals surface area contributed by atoms with Crippen molar-refractivity contribution in [3.8, 4) is 11.3 Å². The molecule has 0 saturated heterocycles. The fourth-order valence-corrected chi connectivity index (χ4v) is 3.57. The van der Waals surface area contributed by atoms with E-state index < -0.39 is 5.60 Å². The number of rotatable bonds is 8. The number of nitrogens with one attached hydrogen (secondary N) is 2. The topological polar surface area (TPSA) is 115 Å². The molecule has 9 nitrogen and oxygen atoms in total. The maximum Gasteiger partial charge on any atom is 0.251 e. The number of aromatic nitrogens is 5. The number of benzene rings is 1. The molecule has 9 heteroatoms. The summed E-state index contributed by atoms with van der Waals surface area (Å²) < 4.78 is 5.43. The molecule has 3 heterocycles. The molecule has 0 aliphatic carbocycles. The predicted octanol–water partition coefficient (Wildman–Crippen LogP) is 3.38. The van der Waals surface area contributed by atoms with Gasteiger partial charge in [0, 0.05) is 56.3 Å². The van der Waals surface area contributed by atoms with Gasteiger partial charge in [0.15, 0.2) is 5.82 Å². The van der Waals surface area contributed by atoms with Crippen LogP contribution in [0.4, 0.5) is 5.82 Å². The lowest BCUT2D eigenvalue weighted by atomic mass is 10.0. The van der Waals surface area contributed by atoms with Gasteiger partial charge in [0.1, 0.15) is 17.7 Å². The minimum atomic E-state index is -0.561. The van der Waals surface area contributed by atoms with Crippen LogP contribution in [0, 0.1) is 0 Å². The highest BCUT2D eigenvalue weighted by molar-refractivity contribution is 6.06. The van der Waals surface area contributed by atoms with Gasteiger partial charge in [0.2, 0.25) is 0 Å². The second-order valence-electron chi connectivity index (χ2n) is 8.23. The van der Waals surface area contributed by atoms with Gasteiger partial charge in [-0.25, -0.2) is 19.9 Å². The molecule has 0 saturated carbocycles. The molecular weight excluding hydrogens is 430 g/mol. The standard InChI is InChI=1S/C25H27N7O2/c1-25(2,34-4)24-29-13-17(14-30-24)20-12-21(32-15-31-20)27-10-8-16-6-5-7-18-19(23(33)26-3)9-11-28-22(16)18/h5-7,9,11-15H,8,10H2,1-4H3,(H,26,33)(H,27,31,32). The molecule has 0 unspecified atom stereocenters. The number of nitrogens with zero attached hydrogens (tertiary/aromatic N) is 5. The quantitative estimate of drug-likeness (QED) is 0.414. The summed E-state index contributed by atoms with van der Waals surface area (Å²) in [5, 5.41) is 6.86. The van der Waals surface area contributed by atoms with Gasteiger partial charge in [-0.05, 0) is 31.9 Å². The number of carbonyl (C=O) groups is 1. The van der Waals surface area contributed by atoms with E-state index in [-0.39, 0.29) is 5.91 Å². The molecule has 0 aliphatic heterocycles. The van der Waals surface area contributed by atoms with Crippen LogP contribution < -0.4 is 10.6 Å². The fraction of sp³-hybridized carbons (Fsp3) is 0.280. The van der Waals surface area contributed by atoms with E-state index in [1.54, 1.807) is 38.8 Å². The van der Waals surface area contributed by atoms with Crippen molar-refractivity contribution in [3.05, 3.63) is 72.2 Å². The van der Waals surface area contributed by atoms with E-state index in [1.165, 1.54) is 6.33 Å². The molecule has 0 aliphatic rings. The summed E-state index contributed by atoms with van der Waals surface area (Å²) in [5.41, 5.74) is 3.45. The highest BCUT2D eigenvalue weighted by Gasteiger charge is 2.22. The number of carbonyl (C=O) groups excluding carboxylic acids is 1. The van der Waals surface area contributed by atoms with Crippen molar-refractivity contribution in [1.29, 1.82) is 0 Å². The summed E-state index contributed by atoms with van der Waals surface area (Å²) >= 11 is 0. The number of hydrogen-bond acceptors (Lipinski definition) is 8. The molecule has 34 heavy (non-hydrogen) atoms. The molecule has 3 aromatic heterocycles. The van der Waals surface area contributed by atoms with Gasteiger partial charge in [-0.2, -0.15) is 0 Å². The van der Waals surface area contributed by atoms with Crippen LogP contribution in [0.5, 0.6) is 0 Å². The molecule has 1 amide bonds. The number of anilines is 1. The molecule has 4 aromatic rings. The lowest BCUT2D eigenvalue weighted by Gasteiger charge is -2.20. The van der Waals surface area contributed by atoms with E-state index in [9.17, 15) is 4.79 Å². The highest BCUT2D eigenvalue weighted by Crippen LogP contribution is 2.23. The average molecular weight is 458 g/mol. The number of para-hydroxylation sites is 1. The summed E-state index contributed by atoms with van der Waals surface area (Å²) in [6, 6.07) is 9.49. The summed E-state index contributed by atoms with van der Waals surface area (Å²) in [7, 11) is 3.26. The zero-order valence-electron chi connectivity index (χ0n) is 19.7. The number of pyridine rings is 1. The number of amides is 1. The molecule has 0 atom stereocenters. The Labute approximate surface area is 198 Å². The number of hydrogen-bond donors (Lipinski definition) is 2. The van der Waals surface area contributed by atoms with Crippen molar-refractivity contribution in [2.24, 2.45) is 0 Å². The second kappa shape index (κ2) is 9.88. The van der Waals surface area contributed by atoms with Crippen LogP contribution >= 0.6 is 0 Å². The van der Waals surface area contributed by atoms with Crippen LogP contribution in [0.3, 0.4) is 0 Å². The predicted molar refractivity (Wildman–Crippen MR) is 130 cm³/mol. The molecular formula is C25H27N7O2. The Balaban J connectivity index is 1.47. The van der Waals surface area contributed by atoms with Gasteiger partial charge in [-0.1, -0.05) is 18.2 Å². The van der Waals surface area contributed by atoms with Gasteiger partial charge in [-0.15, -0.1) is 0 Å². The van der Waals surface area contributed by atoms with Gasteiger partial charge < -0.3 is 15.4 Å². The van der Waals surface area contributed by atoms with Crippen molar-refractivity contribution >= 4 is 22.6 Å². The van der Waals surface area contributed by atoms with Crippen molar-refractivity contribution in [2.75, 3.05) is 26.0 Å². The van der Waals surface area contributed by atoms with Gasteiger partial charge in [0.05, 0.1) is 16.8 Å². The zero-order valence-corrected chi connectivity index (χ0v) is 19.7. The Kier molecular flexibility index (Phi) is 6.74. The van der Waals surface area contributed by atoms with E-state index in [4.69, 9.17) is 4.74 Å². The molecule has 2 N–H and O–H groups in total. The van der Waals surface area contributed by atoms with Crippen LogP contribution in [0.15, 0.2) is 55.2 Å². The largest absolute Gasteiger partial charge is 0.371 e. The van der Waals surface area contributed by atoms with Gasteiger partial charge in [-0.3, -0.25) is 9.78 Å². The van der Waals surface area contributed by atoms with Crippen molar-refractivity contribution in [2.45, 2.75) is 25.9 Å². The van der Waals surface area contributed by atoms with E-state index in [1.807, 2.05) is 38.1 Å². The Morgan fingerprint density at radius 1 is 1.06 bits per heavy atom. The van der Waals surface area contributed by atoms with Crippen LogP contribution in [0.2, 0.25) is 0 Å². The monoisotopic (exact) mass is 457 g/mol. The van der Waals surface area contributed by atoms with Crippen molar-refractivity contribution in [1.82, 2.24) is 30.2 Å². The lowest BCUT2D eigenvalue weighted by Crippen LogP contribution is -2.22.